The van der Waals surface area contributed by atoms with Crippen molar-refractivity contribution in [3.8, 4) is 11.7 Å². The number of amides is 1. The number of aromatic nitrogens is 4. The van der Waals surface area contributed by atoms with E-state index in [2.05, 4.69) is 25.4 Å². The minimum Gasteiger partial charge on any atom is -0.459 e. The first-order chi connectivity index (χ1) is 12.1. The Morgan fingerprint density at radius 2 is 2.12 bits per heavy atom. The predicted octanol–water partition coefficient (Wildman–Crippen LogP) is 1.52. The fraction of sp³-hybridized carbons (Fsp3) is 0.188. The lowest BCUT2D eigenvalue weighted by atomic mass is 10.3. The van der Waals surface area contributed by atoms with Crippen LogP contribution < -0.4 is 10.2 Å². The zero-order valence-corrected chi connectivity index (χ0v) is 13.7. The SMILES string of the molecule is CN(C)c1ncc(C=CC(=O)NCc2noc(-c3ccco3)n2)cn1. The van der Waals surface area contributed by atoms with Gasteiger partial charge in [-0.2, -0.15) is 4.98 Å². The number of hydrogen-bond donors (Lipinski definition) is 1. The predicted molar refractivity (Wildman–Crippen MR) is 89.2 cm³/mol. The van der Waals surface area contributed by atoms with E-state index < -0.39 is 0 Å². The molecule has 0 spiro atoms. The summed E-state index contributed by atoms with van der Waals surface area (Å²) in [7, 11) is 3.71. The molecule has 0 saturated heterocycles. The molecule has 0 aliphatic heterocycles. The van der Waals surface area contributed by atoms with Gasteiger partial charge in [-0.15, -0.1) is 0 Å². The topological polar surface area (TPSA) is 110 Å². The molecular weight excluding hydrogens is 324 g/mol. The maximum absolute atomic E-state index is 11.8. The van der Waals surface area contributed by atoms with E-state index in [0.29, 0.717) is 17.5 Å². The second-order valence-corrected chi connectivity index (χ2v) is 5.26. The zero-order valence-electron chi connectivity index (χ0n) is 13.7. The van der Waals surface area contributed by atoms with Crippen LogP contribution in [0.3, 0.4) is 0 Å². The Morgan fingerprint density at radius 3 is 2.80 bits per heavy atom. The van der Waals surface area contributed by atoms with Crippen molar-refractivity contribution in [2.45, 2.75) is 6.54 Å². The average Bonchev–Trinajstić information content (AvgIpc) is 3.29. The Balaban J connectivity index is 1.52. The van der Waals surface area contributed by atoms with Crippen LogP contribution in [0.4, 0.5) is 5.95 Å². The Labute approximate surface area is 143 Å². The van der Waals surface area contributed by atoms with Crippen molar-refractivity contribution in [3.05, 3.63) is 48.3 Å². The van der Waals surface area contributed by atoms with E-state index in [4.69, 9.17) is 8.94 Å². The van der Waals surface area contributed by atoms with E-state index in [-0.39, 0.29) is 18.3 Å². The third-order valence-electron chi connectivity index (χ3n) is 3.11. The van der Waals surface area contributed by atoms with Gasteiger partial charge in [-0.1, -0.05) is 5.16 Å². The molecule has 3 heterocycles. The minimum absolute atomic E-state index is 0.142. The lowest BCUT2D eigenvalue weighted by molar-refractivity contribution is -0.116. The third kappa shape index (κ3) is 4.28. The number of rotatable bonds is 6. The maximum atomic E-state index is 11.8. The second kappa shape index (κ2) is 7.39. The highest BCUT2D eigenvalue weighted by Gasteiger charge is 2.11. The number of nitrogens with one attached hydrogen (secondary N) is 1. The number of carbonyl (C=O) groups excluding carboxylic acids is 1. The molecule has 0 radical (unpaired) electrons. The van der Waals surface area contributed by atoms with Crippen molar-refractivity contribution < 1.29 is 13.7 Å². The van der Waals surface area contributed by atoms with Gasteiger partial charge in [-0.05, 0) is 18.2 Å². The molecule has 3 aromatic rings. The van der Waals surface area contributed by atoms with Crippen LogP contribution in [0, 0.1) is 0 Å². The van der Waals surface area contributed by atoms with E-state index in [1.54, 1.807) is 35.5 Å². The number of nitrogens with zero attached hydrogens (tertiary/aromatic N) is 5. The van der Waals surface area contributed by atoms with Crippen LogP contribution in [0.1, 0.15) is 11.4 Å². The first kappa shape index (κ1) is 16.4. The molecule has 9 nitrogen and oxygen atoms in total. The second-order valence-electron chi connectivity index (χ2n) is 5.26. The fourth-order valence-electron chi connectivity index (χ4n) is 1.87. The van der Waals surface area contributed by atoms with Crippen LogP contribution in [0.5, 0.6) is 0 Å². The smallest absolute Gasteiger partial charge is 0.293 e. The van der Waals surface area contributed by atoms with E-state index in [1.807, 2.05) is 14.1 Å². The zero-order chi connectivity index (χ0) is 17.6. The molecule has 25 heavy (non-hydrogen) atoms. The van der Waals surface area contributed by atoms with Gasteiger partial charge >= 0.3 is 0 Å². The quantitative estimate of drug-likeness (QED) is 0.672. The number of anilines is 1. The molecule has 0 saturated carbocycles. The summed E-state index contributed by atoms with van der Waals surface area (Å²) in [5.74, 6) is 1.41. The molecule has 0 atom stereocenters. The molecule has 3 rings (SSSR count). The molecule has 0 bridgehead atoms. The molecule has 1 amide bonds. The highest BCUT2D eigenvalue weighted by Crippen LogP contribution is 2.16. The molecule has 0 aromatic carbocycles. The van der Waals surface area contributed by atoms with Crippen LogP contribution in [0.25, 0.3) is 17.7 Å². The number of hydrogen-bond acceptors (Lipinski definition) is 8. The standard InChI is InChI=1S/C16H16N6O3/c1-22(2)16-18-8-11(9-19-16)5-6-14(23)17-10-13-20-15(25-21-13)12-4-3-7-24-12/h3-9H,10H2,1-2H3,(H,17,23). The van der Waals surface area contributed by atoms with Gasteiger partial charge in [0.1, 0.15) is 0 Å². The summed E-state index contributed by atoms with van der Waals surface area (Å²) in [5, 5.41) is 6.45. The average molecular weight is 340 g/mol. The van der Waals surface area contributed by atoms with E-state index in [9.17, 15) is 4.79 Å². The van der Waals surface area contributed by atoms with Crippen LogP contribution in [0.15, 0.2) is 45.8 Å². The summed E-state index contributed by atoms with van der Waals surface area (Å²) in [4.78, 5) is 26.1. The first-order valence-electron chi connectivity index (χ1n) is 7.43. The summed E-state index contributed by atoms with van der Waals surface area (Å²) in [6.07, 6.45) is 7.81. The summed E-state index contributed by atoms with van der Waals surface area (Å²) >= 11 is 0. The molecule has 1 N–H and O–H groups in total. The van der Waals surface area contributed by atoms with Crippen molar-refractivity contribution in [1.29, 1.82) is 0 Å². The van der Waals surface area contributed by atoms with Gasteiger partial charge in [0.05, 0.1) is 12.8 Å². The van der Waals surface area contributed by atoms with Gasteiger partial charge in [0.2, 0.25) is 11.9 Å². The summed E-state index contributed by atoms with van der Waals surface area (Å²) in [6, 6.07) is 3.43. The Hall–Kier alpha value is -3.49. The van der Waals surface area contributed by atoms with E-state index in [0.717, 1.165) is 5.56 Å². The lowest BCUT2D eigenvalue weighted by Gasteiger charge is -2.08. The maximum Gasteiger partial charge on any atom is 0.293 e. The molecule has 0 fully saturated rings. The van der Waals surface area contributed by atoms with Gasteiger partial charge in [0, 0.05) is 38.1 Å². The largest absolute Gasteiger partial charge is 0.459 e. The summed E-state index contributed by atoms with van der Waals surface area (Å²) in [5.41, 5.74) is 0.723. The monoisotopic (exact) mass is 340 g/mol. The van der Waals surface area contributed by atoms with Gasteiger partial charge in [-0.3, -0.25) is 4.79 Å². The van der Waals surface area contributed by atoms with Gasteiger partial charge in [-0.25, -0.2) is 9.97 Å². The normalized spacial score (nSPS) is 11.0. The number of furan rings is 1. The van der Waals surface area contributed by atoms with Crippen LogP contribution >= 0.6 is 0 Å². The lowest BCUT2D eigenvalue weighted by Crippen LogP contribution is -2.20. The van der Waals surface area contributed by atoms with Crippen LogP contribution in [-0.4, -0.2) is 40.1 Å². The molecule has 3 aromatic heterocycles. The minimum atomic E-state index is -0.291. The van der Waals surface area contributed by atoms with Crippen molar-refractivity contribution in [2.24, 2.45) is 0 Å². The fourth-order valence-corrected chi connectivity index (χ4v) is 1.87. The van der Waals surface area contributed by atoms with Crippen molar-refractivity contribution in [2.75, 3.05) is 19.0 Å². The summed E-state index contributed by atoms with van der Waals surface area (Å²) in [6.45, 7) is 0.142. The van der Waals surface area contributed by atoms with Crippen LogP contribution in [0.2, 0.25) is 0 Å². The molecule has 9 heteroatoms. The Kier molecular flexibility index (Phi) is 4.84. The molecule has 128 valence electrons. The van der Waals surface area contributed by atoms with E-state index in [1.165, 1.54) is 12.3 Å². The molecule has 0 aliphatic carbocycles. The van der Waals surface area contributed by atoms with Crippen LogP contribution in [-0.2, 0) is 11.3 Å². The molecular formula is C16H16N6O3. The number of carbonyl (C=O) groups is 1. The highest BCUT2D eigenvalue weighted by molar-refractivity contribution is 5.91. The van der Waals surface area contributed by atoms with Gasteiger partial charge in [0.25, 0.3) is 5.89 Å². The molecule has 0 unspecified atom stereocenters. The Bertz CT molecular complexity index is 852. The Morgan fingerprint density at radius 1 is 1.32 bits per heavy atom. The van der Waals surface area contributed by atoms with Crippen molar-refractivity contribution in [3.63, 3.8) is 0 Å². The van der Waals surface area contributed by atoms with Gasteiger partial charge < -0.3 is 19.2 Å². The first-order valence-corrected chi connectivity index (χ1v) is 7.43. The summed E-state index contributed by atoms with van der Waals surface area (Å²) < 4.78 is 10.2. The highest BCUT2D eigenvalue weighted by atomic mass is 16.5. The molecule has 0 aliphatic rings. The van der Waals surface area contributed by atoms with Crippen molar-refractivity contribution in [1.82, 2.24) is 25.4 Å². The van der Waals surface area contributed by atoms with Gasteiger partial charge in [0.15, 0.2) is 11.6 Å². The van der Waals surface area contributed by atoms with Crippen molar-refractivity contribution >= 4 is 17.9 Å². The van der Waals surface area contributed by atoms with E-state index >= 15 is 0 Å². The third-order valence-corrected chi connectivity index (χ3v) is 3.11.